The van der Waals surface area contributed by atoms with Gasteiger partial charge in [0, 0.05) is 40.2 Å². The Hall–Kier alpha value is -3.72. The smallest absolute Gasteiger partial charge is 0.272 e. The van der Waals surface area contributed by atoms with E-state index in [1.54, 1.807) is 37.7 Å². The molecule has 2 heterocycles. The van der Waals surface area contributed by atoms with Crippen molar-refractivity contribution in [3.63, 3.8) is 0 Å². The molecule has 2 aromatic heterocycles. The lowest BCUT2D eigenvalue weighted by atomic mass is 9.83. The van der Waals surface area contributed by atoms with Gasteiger partial charge in [-0.3, -0.25) is 14.5 Å². The number of hydrogen-bond acceptors (Lipinski definition) is 6. The molecule has 4 aromatic rings. The number of methoxy groups -OCH3 is 1. The van der Waals surface area contributed by atoms with Crippen LogP contribution in [-0.4, -0.2) is 37.0 Å². The fourth-order valence-electron chi connectivity index (χ4n) is 3.92. The molecule has 0 radical (unpaired) electrons. The number of H-pyrrole nitrogens is 1. The number of aromatic amines is 1. The molecule has 0 fully saturated rings. The number of nitrogens with zero attached hydrogens (tertiary/aromatic N) is 2. The summed E-state index contributed by atoms with van der Waals surface area (Å²) in [6.45, 7) is 6.26. The number of fused-ring (bicyclic) bond motifs is 1. The van der Waals surface area contributed by atoms with E-state index in [1.165, 1.54) is 0 Å². The molecular weight excluding hydrogens is 452 g/mol. The fourth-order valence-corrected chi connectivity index (χ4v) is 4.48. The lowest BCUT2D eigenvalue weighted by molar-refractivity contribution is 0.402. The minimum Gasteiger partial charge on any atom is -0.496 e. The highest BCUT2D eigenvalue weighted by atomic mass is 32.2. The van der Waals surface area contributed by atoms with Gasteiger partial charge in [-0.1, -0.05) is 32.9 Å². The molecule has 176 valence electrons. The van der Waals surface area contributed by atoms with E-state index in [4.69, 9.17) is 9.72 Å². The average molecular weight is 479 g/mol. The summed E-state index contributed by atoms with van der Waals surface area (Å²) in [7, 11) is -1.73. The highest BCUT2D eigenvalue weighted by molar-refractivity contribution is 7.92. The average Bonchev–Trinajstić information content (AvgIpc) is 2.77. The second kappa shape index (κ2) is 8.57. The highest BCUT2D eigenvalue weighted by Crippen LogP contribution is 2.42. The van der Waals surface area contributed by atoms with Crippen molar-refractivity contribution in [2.45, 2.75) is 26.2 Å². The third-order valence-electron chi connectivity index (χ3n) is 5.47. The zero-order chi connectivity index (χ0) is 24.7. The SMILES string of the molecule is COc1c(C(C)(C)C)cc(-c2ccn[nH]c2=O)c2ncc(-c3ccc(NS(C)(=O)=O)cc3)cc12. The van der Waals surface area contributed by atoms with Crippen LogP contribution in [0.15, 0.2) is 59.7 Å². The monoisotopic (exact) mass is 478 g/mol. The first kappa shape index (κ1) is 23.4. The first-order chi connectivity index (χ1) is 16.0. The van der Waals surface area contributed by atoms with Gasteiger partial charge in [0.1, 0.15) is 5.75 Å². The Bertz CT molecular complexity index is 1540. The maximum atomic E-state index is 12.6. The van der Waals surface area contributed by atoms with E-state index in [0.29, 0.717) is 28.1 Å². The molecule has 2 N–H and O–H groups in total. The van der Waals surface area contributed by atoms with Crippen molar-refractivity contribution in [1.29, 1.82) is 0 Å². The standard InChI is InChI=1S/C25H26N4O4S/c1-25(2,3)21-13-19(18-10-11-27-28-24(18)30)22-20(23(21)33-4)12-16(14-26-22)15-6-8-17(9-7-15)29-34(5,31)32/h6-14,29H,1-5H3,(H,28,30). The molecule has 0 aliphatic rings. The van der Waals surface area contributed by atoms with Crippen LogP contribution in [0.3, 0.4) is 0 Å². The summed E-state index contributed by atoms with van der Waals surface area (Å²) in [6.07, 6.45) is 4.39. The summed E-state index contributed by atoms with van der Waals surface area (Å²) < 4.78 is 31.3. The summed E-state index contributed by atoms with van der Waals surface area (Å²) >= 11 is 0. The molecule has 0 saturated heterocycles. The van der Waals surface area contributed by atoms with Crippen LogP contribution in [0.5, 0.6) is 5.75 Å². The van der Waals surface area contributed by atoms with Gasteiger partial charge in [-0.15, -0.1) is 0 Å². The number of aromatic nitrogens is 3. The first-order valence-corrected chi connectivity index (χ1v) is 12.5. The number of anilines is 1. The molecule has 0 amide bonds. The molecule has 9 heteroatoms. The van der Waals surface area contributed by atoms with Gasteiger partial charge >= 0.3 is 0 Å². The van der Waals surface area contributed by atoms with Crippen LogP contribution >= 0.6 is 0 Å². The van der Waals surface area contributed by atoms with Crippen LogP contribution in [0.25, 0.3) is 33.2 Å². The number of nitrogens with one attached hydrogen (secondary N) is 2. The van der Waals surface area contributed by atoms with Crippen molar-refractivity contribution >= 4 is 26.6 Å². The summed E-state index contributed by atoms with van der Waals surface area (Å²) in [6, 6.07) is 12.7. The van der Waals surface area contributed by atoms with Gasteiger partial charge in [-0.25, -0.2) is 13.5 Å². The predicted molar refractivity (Wildman–Crippen MR) is 135 cm³/mol. The normalized spacial score (nSPS) is 12.0. The first-order valence-electron chi connectivity index (χ1n) is 10.6. The molecule has 0 spiro atoms. The maximum Gasteiger partial charge on any atom is 0.272 e. The molecular formula is C25H26N4O4S. The number of pyridine rings is 1. The Balaban J connectivity index is 1.96. The zero-order valence-corrected chi connectivity index (χ0v) is 20.4. The molecule has 4 rings (SSSR count). The quantitative estimate of drug-likeness (QED) is 0.441. The number of sulfonamides is 1. The summed E-state index contributed by atoms with van der Waals surface area (Å²) in [5.41, 5.74) is 4.37. The molecule has 34 heavy (non-hydrogen) atoms. The fraction of sp³-hybridized carbons (Fsp3) is 0.240. The minimum absolute atomic E-state index is 0.261. The summed E-state index contributed by atoms with van der Waals surface area (Å²) in [5, 5.41) is 7.08. The van der Waals surface area contributed by atoms with E-state index in [1.807, 2.05) is 24.3 Å². The molecule has 0 aliphatic heterocycles. The van der Waals surface area contributed by atoms with Gasteiger partial charge in [0.25, 0.3) is 5.56 Å². The van der Waals surface area contributed by atoms with Crippen molar-refractivity contribution < 1.29 is 13.2 Å². The molecule has 0 aliphatic carbocycles. The van der Waals surface area contributed by atoms with Crippen molar-refractivity contribution in [3.05, 3.63) is 70.8 Å². The van der Waals surface area contributed by atoms with Gasteiger partial charge in [-0.05, 0) is 41.3 Å². The number of ether oxygens (including phenoxy) is 1. The van der Waals surface area contributed by atoms with Crippen molar-refractivity contribution in [3.8, 4) is 28.0 Å². The zero-order valence-electron chi connectivity index (χ0n) is 19.6. The van der Waals surface area contributed by atoms with Gasteiger partial charge in [-0.2, -0.15) is 5.10 Å². The second-order valence-electron chi connectivity index (χ2n) is 9.13. The number of hydrogen-bond donors (Lipinski definition) is 2. The van der Waals surface area contributed by atoms with E-state index in [-0.39, 0.29) is 11.0 Å². The van der Waals surface area contributed by atoms with E-state index in [9.17, 15) is 13.2 Å². The predicted octanol–water partition coefficient (Wildman–Crippen LogP) is 4.33. The largest absolute Gasteiger partial charge is 0.496 e. The number of benzene rings is 2. The van der Waals surface area contributed by atoms with Crippen LogP contribution in [0.1, 0.15) is 26.3 Å². The van der Waals surface area contributed by atoms with Gasteiger partial charge in [0.05, 0.1) is 24.4 Å². The summed E-state index contributed by atoms with van der Waals surface area (Å²) in [4.78, 5) is 17.3. The third-order valence-corrected chi connectivity index (χ3v) is 6.08. The molecule has 0 atom stereocenters. The van der Waals surface area contributed by atoms with Gasteiger partial charge < -0.3 is 4.74 Å². The van der Waals surface area contributed by atoms with E-state index in [2.05, 4.69) is 35.7 Å². The Kier molecular flexibility index (Phi) is 5.91. The van der Waals surface area contributed by atoms with Crippen LogP contribution in [0.2, 0.25) is 0 Å². The van der Waals surface area contributed by atoms with Gasteiger partial charge in [0.2, 0.25) is 10.0 Å². The molecule has 0 saturated carbocycles. The minimum atomic E-state index is -3.36. The topological polar surface area (TPSA) is 114 Å². The highest BCUT2D eigenvalue weighted by Gasteiger charge is 2.25. The number of rotatable bonds is 5. The van der Waals surface area contributed by atoms with Crippen LogP contribution < -0.4 is 15.0 Å². The van der Waals surface area contributed by atoms with E-state index in [0.717, 1.165) is 28.3 Å². The Morgan fingerprint density at radius 1 is 1.00 bits per heavy atom. The van der Waals surface area contributed by atoms with Crippen LogP contribution in [0.4, 0.5) is 5.69 Å². The van der Waals surface area contributed by atoms with E-state index < -0.39 is 10.0 Å². The van der Waals surface area contributed by atoms with Gasteiger partial charge in [0.15, 0.2) is 0 Å². The lowest BCUT2D eigenvalue weighted by Crippen LogP contribution is -2.15. The van der Waals surface area contributed by atoms with Crippen molar-refractivity contribution in [2.24, 2.45) is 0 Å². The van der Waals surface area contributed by atoms with Crippen molar-refractivity contribution in [1.82, 2.24) is 15.2 Å². The van der Waals surface area contributed by atoms with Crippen LogP contribution in [-0.2, 0) is 15.4 Å². The van der Waals surface area contributed by atoms with E-state index >= 15 is 0 Å². The lowest BCUT2D eigenvalue weighted by Gasteiger charge is -2.25. The maximum absolute atomic E-state index is 12.6. The van der Waals surface area contributed by atoms with Crippen LogP contribution in [0, 0.1) is 0 Å². The molecule has 2 aromatic carbocycles. The molecule has 0 bridgehead atoms. The Labute approximate surface area is 198 Å². The molecule has 0 unspecified atom stereocenters. The second-order valence-corrected chi connectivity index (χ2v) is 10.9. The third kappa shape index (κ3) is 4.65. The molecule has 8 nitrogen and oxygen atoms in total. The Morgan fingerprint density at radius 2 is 1.71 bits per heavy atom. The van der Waals surface area contributed by atoms with Crippen molar-refractivity contribution in [2.75, 3.05) is 18.1 Å². The Morgan fingerprint density at radius 3 is 2.29 bits per heavy atom. The summed E-state index contributed by atoms with van der Waals surface area (Å²) in [5.74, 6) is 0.696.